The van der Waals surface area contributed by atoms with Crippen LogP contribution >= 0.6 is 0 Å². The molecule has 1 radical (unpaired) electrons. The second-order valence-electron chi connectivity index (χ2n) is 18.7. The van der Waals surface area contributed by atoms with E-state index in [1.54, 1.807) is 0 Å². The van der Waals surface area contributed by atoms with E-state index in [4.69, 9.17) is 0 Å². The molecule has 0 nitrogen and oxygen atoms in total. The van der Waals surface area contributed by atoms with Crippen molar-refractivity contribution in [3.05, 3.63) is 0 Å². The van der Waals surface area contributed by atoms with Gasteiger partial charge >= 0.3 is 17.1 Å². The second-order valence-corrected chi connectivity index (χ2v) is 18.7. The summed E-state index contributed by atoms with van der Waals surface area (Å²) in [7, 11) is 0. The van der Waals surface area contributed by atoms with E-state index < -0.39 is 0 Å². The molecular weight excluding hydrogens is 811 g/mol. The third kappa shape index (κ3) is 119. The van der Waals surface area contributed by atoms with E-state index in [-0.39, 0.29) is 29.5 Å². The van der Waals surface area contributed by atoms with Gasteiger partial charge in [0, 0.05) is 0 Å². The Morgan fingerprint density at radius 1 is 0.113 bits per heavy atom. The zero-order valence-electron chi connectivity index (χ0n) is 46.7. The van der Waals surface area contributed by atoms with E-state index in [1.807, 2.05) is 0 Å². The van der Waals surface area contributed by atoms with Crippen LogP contribution in [0.2, 0.25) is 0 Å². The summed E-state index contributed by atoms with van der Waals surface area (Å²) in [6.07, 6.45) is 68.8. The molecule has 0 fully saturated rings. The van der Waals surface area contributed by atoms with E-state index in [1.165, 1.54) is 308 Å². The minimum Gasteiger partial charge on any atom is -1.00 e. The van der Waals surface area contributed by atoms with Crippen LogP contribution in [0.1, 0.15) is 391 Å². The van der Waals surface area contributed by atoms with Crippen molar-refractivity contribution in [3.63, 3.8) is 0 Å². The predicted octanol–water partition coefficient (Wildman–Crippen LogP) is 21.9. The van der Waals surface area contributed by atoms with E-state index in [9.17, 15) is 0 Å². The van der Waals surface area contributed by atoms with Crippen LogP contribution in [0.15, 0.2) is 0 Å². The van der Waals surface area contributed by atoms with Crippen LogP contribution < -0.4 is 12.4 Å². The number of unbranched alkanes of at least 4 members (excludes halogenated alkanes) is 42. The van der Waals surface area contributed by atoms with Crippen molar-refractivity contribution in [2.75, 3.05) is 0 Å². The minimum absolute atomic E-state index is 0. The molecule has 0 amide bonds. The molecule has 0 unspecified atom stereocenters. The van der Waals surface area contributed by atoms with E-state index in [0.717, 1.165) is 0 Å². The summed E-state index contributed by atoms with van der Waals surface area (Å²) in [4.78, 5) is 0. The zero-order valence-corrected chi connectivity index (χ0v) is 48.6. The van der Waals surface area contributed by atoms with Gasteiger partial charge < -0.3 is 12.4 Å². The maximum absolute atomic E-state index is 2.27. The van der Waals surface area contributed by atoms with Crippen molar-refractivity contribution < 1.29 is 29.5 Å². The maximum Gasteiger partial charge on any atom is 2.00 e. The number of rotatable bonds is 42. The van der Waals surface area contributed by atoms with Gasteiger partial charge in [0.25, 0.3) is 0 Å². The molecule has 0 aromatic carbocycles. The summed E-state index contributed by atoms with van der Waals surface area (Å²) in [5.41, 5.74) is 0. The SMILES string of the molecule is CCCCCCCCCC.CCCCCCCCCC.CCCCCCCCCC.CCCCCCCCCC.CCCCCCCCCC.CCCCCCCCCC.[Cl-].[Mn+2]. The summed E-state index contributed by atoms with van der Waals surface area (Å²) >= 11 is 0. The van der Waals surface area contributed by atoms with Crippen LogP contribution in [0.25, 0.3) is 0 Å². The first-order valence-electron chi connectivity index (χ1n) is 29.5. The molecule has 0 rings (SSSR count). The standard InChI is InChI=1S/6C10H22.ClH.Mn/c6*1-3-5-7-9-10-8-6-4-2;;/h6*3-10H2,1-2H3;1H;/q;;;;;;;+2/p-1. The zero-order chi connectivity index (χ0) is 45.9. The Labute approximate surface area is 418 Å². The van der Waals surface area contributed by atoms with Gasteiger partial charge in [0.05, 0.1) is 0 Å². The van der Waals surface area contributed by atoms with Crippen molar-refractivity contribution in [2.45, 2.75) is 391 Å². The monoisotopic (exact) mass is 943 g/mol. The van der Waals surface area contributed by atoms with Crippen LogP contribution in [0, 0.1) is 0 Å². The van der Waals surface area contributed by atoms with Gasteiger partial charge in [-0.25, -0.2) is 0 Å². The molecule has 0 aliphatic carbocycles. The van der Waals surface area contributed by atoms with Crippen molar-refractivity contribution in [1.82, 2.24) is 0 Å². The number of halogens is 1. The molecule has 0 spiro atoms. The van der Waals surface area contributed by atoms with Gasteiger partial charge in [-0.2, -0.15) is 0 Å². The van der Waals surface area contributed by atoms with Crippen molar-refractivity contribution >= 4 is 0 Å². The summed E-state index contributed by atoms with van der Waals surface area (Å²) in [5.74, 6) is 0. The topological polar surface area (TPSA) is 0 Å². The minimum atomic E-state index is 0. The van der Waals surface area contributed by atoms with E-state index in [0.29, 0.717) is 0 Å². The molecule has 0 heterocycles. The average molecular weight is 944 g/mol. The van der Waals surface area contributed by atoms with Crippen molar-refractivity contribution in [3.8, 4) is 0 Å². The van der Waals surface area contributed by atoms with Gasteiger partial charge in [0.1, 0.15) is 0 Å². The molecule has 0 bridgehead atoms. The largest absolute Gasteiger partial charge is 2.00 e. The predicted molar refractivity (Wildman–Crippen MR) is 290 cm³/mol. The first-order chi connectivity index (χ1) is 29.5. The third-order valence-electron chi connectivity index (χ3n) is 11.7. The first-order valence-corrected chi connectivity index (χ1v) is 29.5. The molecule has 2 heteroatoms. The quantitative estimate of drug-likeness (QED) is 0.0423. The van der Waals surface area contributed by atoms with Crippen molar-refractivity contribution in [2.24, 2.45) is 0 Å². The molecule has 62 heavy (non-hydrogen) atoms. The third-order valence-corrected chi connectivity index (χ3v) is 11.7. The second kappa shape index (κ2) is 95.9. The summed E-state index contributed by atoms with van der Waals surface area (Å²) in [6.45, 7) is 27.2. The van der Waals surface area contributed by atoms with Crippen LogP contribution in [-0.2, 0) is 17.1 Å². The molecule has 0 saturated carbocycles. The maximum atomic E-state index is 2.27. The molecule has 0 aromatic rings. The van der Waals surface area contributed by atoms with Crippen LogP contribution in [-0.4, -0.2) is 0 Å². The van der Waals surface area contributed by atoms with E-state index in [2.05, 4.69) is 83.1 Å². The Kier molecular flexibility index (Phi) is 124. The van der Waals surface area contributed by atoms with Gasteiger partial charge in [-0.1, -0.05) is 391 Å². The van der Waals surface area contributed by atoms with Crippen LogP contribution in [0.3, 0.4) is 0 Å². The summed E-state index contributed by atoms with van der Waals surface area (Å²) in [5, 5.41) is 0. The molecule has 0 aromatic heterocycles. The smallest absolute Gasteiger partial charge is 1.00 e. The Balaban J connectivity index is -0.0000000935. The van der Waals surface area contributed by atoms with Crippen LogP contribution in [0.4, 0.5) is 0 Å². The van der Waals surface area contributed by atoms with Gasteiger partial charge in [0.2, 0.25) is 0 Å². The van der Waals surface area contributed by atoms with Crippen LogP contribution in [0.5, 0.6) is 0 Å². The molecule has 0 saturated heterocycles. The summed E-state index contributed by atoms with van der Waals surface area (Å²) in [6, 6.07) is 0. The fourth-order valence-electron chi connectivity index (χ4n) is 7.24. The Morgan fingerprint density at radius 3 is 0.210 bits per heavy atom. The van der Waals surface area contributed by atoms with Crippen molar-refractivity contribution in [1.29, 1.82) is 0 Å². The normalized spacial score (nSPS) is 9.87. The fourth-order valence-corrected chi connectivity index (χ4v) is 7.24. The Morgan fingerprint density at radius 2 is 0.161 bits per heavy atom. The molecule has 0 atom stereocenters. The first kappa shape index (κ1) is 79.9. The molecule has 0 N–H and O–H groups in total. The van der Waals surface area contributed by atoms with E-state index >= 15 is 0 Å². The fraction of sp³-hybridized carbons (Fsp3) is 1.00. The number of hydrogen-bond acceptors (Lipinski definition) is 0. The summed E-state index contributed by atoms with van der Waals surface area (Å²) < 4.78 is 0. The van der Waals surface area contributed by atoms with Gasteiger partial charge in [0.15, 0.2) is 0 Å². The Bertz CT molecular complexity index is 379. The van der Waals surface area contributed by atoms with Gasteiger partial charge in [-0.05, 0) is 0 Å². The molecule has 0 aliphatic rings. The Hall–Kier alpha value is 0.809. The molecule has 385 valence electrons. The average Bonchev–Trinajstić information content (AvgIpc) is 3.27. The molecular formula is C60H132ClMn+. The van der Waals surface area contributed by atoms with Gasteiger partial charge in [-0.15, -0.1) is 0 Å². The molecule has 0 aliphatic heterocycles. The number of hydrogen-bond donors (Lipinski definition) is 0. The van der Waals surface area contributed by atoms with Gasteiger partial charge in [-0.3, -0.25) is 0 Å².